The highest BCUT2D eigenvalue weighted by atomic mass is 16.6. The van der Waals surface area contributed by atoms with Gasteiger partial charge in [-0.3, -0.25) is 9.59 Å². The molecule has 0 aromatic heterocycles. The summed E-state index contributed by atoms with van der Waals surface area (Å²) in [7, 11) is 0. The minimum atomic E-state index is -1.44. The molecular weight excluding hydrogens is 356 g/mol. The lowest BCUT2D eigenvalue weighted by Gasteiger charge is -2.30. The monoisotopic (exact) mass is 378 g/mol. The topological polar surface area (TPSA) is 108 Å². The first-order valence-corrected chi connectivity index (χ1v) is 8.62. The van der Waals surface area contributed by atoms with Gasteiger partial charge in [0.1, 0.15) is 35.4 Å². The SMILES string of the molecule is CC(=O)OCC1=C2C(=CC3(C)CC=C(O3)C(C)(O)CC2OC(C)=O)OC1=O. The molecule has 1 N–H and O–H groups in total. The van der Waals surface area contributed by atoms with Gasteiger partial charge in [-0.25, -0.2) is 4.79 Å². The predicted molar refractivity (Wildman–Crippen MR) is 90.8 cm³/mol. The molecule has 8 heteroatoms. The third kappa shape index (κ3) is 3.75. The molecule has 0 aromatic carbocycles. The third-order valence-corrected chi connectivity index (χ3v) is 4.68. The standard InChI is InChI=1S/C19H22O8/c1-10(20)24-9-12-16-13(26-17(12)22)7-18(3)6-5-15(27-18)19(4,23)8-14(16)25-11(2)21/h5,7,14,23H,6,8-9H2,1-4H3. The average molecular weight is 378 g/mol. The van der Waals surface area contributed by atoms with Crippen LogP contribution in [0.1, 0.15) is 40.5 Å². The van der Waals surface area contributed by atoms with Crippen molar-refractivity contribution in [3.63, 3.8) is 0 Å². The van der Waals surface area contributed by atoms with Gasteiger partial charge in [0.15, 0.2) is 0 Å². The Hall–Kier alpha value is -2.61. The van der Waals surface area contributed by atoms with Crippen LogP contribution in [0.15, 0.2) is 34.8 Å². The molecule has 0 radical (unpaired) electrons. The largest absolute Gasteiger partial charge is 0.485 e. The van der Waals surface area contributed by atoms with Crippen molar-refractivity contribution in [3.8, 4) is 0 Å². The minimum absolute atomic E-state index is 0.0542. The molecule has 3 aliphatic heterocycles. The molecule has 0 fully saturated rings. The zero-order valence-electron chi connectivity index (χ0n) is 15.7. The lowest BCUT2D eigenvalue weighted by molar-refractivity contribution is -0.147. The highest BCUT2D eigenvalue weighted by molar-refractivity contribution is 5.95. The summed E-state index contributed by atoms with van der Waals surface area (Å²) in [6, 6.07) is 0. The molecule has 0 amide bonds. The summed E-state index contributed by atoms with van der Waals surface area (Å²) in [5.41, 5.74) is -1.90. The van der Waals surface area contributed by atoms with Gasteiger partial charge in [-0.2, -0.15) is 0 Å². The number of esters is 3. The van der Waals surface area contributed by atoms with Crippen LogP contribution >= 0.6 is 0 Å². The highest BCUT2D eigenvalue weighted by Crippen LogP contribution is 2.44. The van der Waals surface area contributed by atoms with E-state index in [1.807, 2.05) is 0 Å². The number of rotatable bonds is 3. The zero-order chi connectivity index (χ0) is 20.0. The molecule has 3 atom stereocenters. The summed E-state index contributed by atoms with van der Waals surface area (Å²) in [6.45, 7) is 5.48. The molecule has 2 bridgehead atoms. The number of hydrogen-bond acceptors (Lipinski definition) is 8. The Kier molecular flexibility index (Phi) is 4.63. The van der Waals surface area contributed by atoms with E-state index in [1.165, 1.54) is 13.8 Å². The summed E-state index contributed by atoms with van der Waals surface area (Å²) in [4.78, 5) is 35.3. The first-order valence-electron chi connectivity index (χ1n) is 8.62. The summed E-state index contributed by atoms with van der Waals surface area (Å²) < 4.78 is 21.7. The lowest BCUT2D eigenvalue weighted by Crippen LogP contribution is -2.36. The van der Waals surface area contributed by atoms with Crippen LogP contribution in [-0.4, -0.2) is 46.9 Å². The Bertz CT molecular complexity index is 801. The van der Waals surface area contributed by atoms with Crippen molar-refractivity contribution in [1.29, 1.82) is 0 Å². The van der Waals surface area contributed by atoms with Crippen LogP contribution in [0.2, 0.25) is 0 Å². The number of aliphatic hydroxyl groups is 1. The maximum Gasteiger partial charge on any atom is 0.343 e. The van der Waals surface area contributed by atoms with Crippen LogP contribution in [0.5, 0.6) is 0 Å². The van der Waals surface area contributed by atoms with E-state index < -0.39 is 35.2 Å². The lowest BCUT2D eigenvalue weighted by atomic mass is 9.88. The van der Waals surface area contributed by atoms with Gasteiger partial charge in [0.25, 0.3) is 0 Å². The van der Waals surface area contributed by atoms with Crippen LogP contribution < -0.4 is 0 Å². The zero-order valence-corrected chi connectivity index (χ0v) is 15.7. The van der Waals surface area contributed by atoms with Crippen molar-refractivity contribution in [2.24, 2.45) is 0 Å². The Balaban J connectivity index is 2.14. The Morgan fingerprint density at radius 1 is 1.30 bits per heavy atom. The van der Waals surface area contributed by atoms with E-state index in [-0.39, 0.29) is 29.9 Å². The highest BCUT2D eigenvalue weighted by Gasteiger charge is 2.47. The van der Waals surface area contributed by atoms with E-state index in [2.05, 4.69) is 0 Å². The van der Waals surface area contributed by atoms with Gasteiger partial charge in [-0.05, 0) is 19.9 Å². The van der Waals surface area contributed by atoms with E-state index in [4.69, 9.17) is 18.9 Å². The van der Waals surface area contributed by atoms with Crippen molar-refractivity contribution in [2.45, 2.75) is 57.8 Å². The second kappa shape index (κ2) is 6.53. The van der Waals surface area contributed by atoms with Crippen molar-refractivity contribution >= 4 is 17.9 Å². The molecule has 3 heterocycles. The Labute approximate surface area is 156 Å². The quantitative estimate of drug-likeness (QED) is 0.580. The van der Waals surface area contributed by atoms with E-state index in [0.29, 0.717) is 12.2 Å². The molecule has 0 aliphatic carbocycles. The van der Waals surface area contributed by atoms with E-state index >= 15 is 0 Å². The maximum absolute atomic E-state index is 12.4. The first kappa shape index (κ1) is 19.2. The molecule has 0 spiro atoms. The number of carbonyl (C=O) groups is 3. The van der Waals surface area contributed by atoms with Crippen LogP contribution in [0.3, 0.4) is 0 Å². The minimum Gasteiger partial charge on any atom is -0.485 e. The Morgan fingerprint density at radius 2 is 2.00 bits per heavy atom. The predicted octanol–water partition coefficient (Wildman–Crippen LogP) is 1.44. The summed E-state index contributed by atoms with van der Waals surface area (Å²) in [5, 5.41) is 10.9. The van der Waals surface area contributed by atoms with Crippen molar-refractivity contribution in [1.82, 2.24) is 0 Å². The van der Waals surface area contributed by atoms with E-state index in [1.54, 1.807) is 26.0 Å². The molecule has 0 saturated carbocycles. The van der Waals surface area contributed by atoms with Gasteiger partial charge >= 0.3 is 17.9 Å². The number of fused-ring (bicyclic) bond motifs is 3. The second-order valence-corrected chi connectivity index (χ2v) is 7.33. The second-order valence-electron chi connectivity index (χ2n) is 7.33. The summed E-state index contributed by atoms with van der Waals surface area (Å²) in [6.07, 6.45) is 2.84. The molecule has 0 saturated heterocycles. The summed E-state index contributed by atoms with van der Waals surface area (Å²) >= 11 is 0. The number of ether oxygens (including phenoxy) is 4. The van der Waals surface area contributed by atoms with Crippen LogP contribution in [0.25, 0.3) is 0 Å². The van der Waals surface area contributed by atoms with Crippen molar-refractivity contribution in [2.75, 3.05) is 6.61 Å². The Morgan fingerprint density at radius 3 is 2.63 bits per heavy atom. The fraction of sp³-hybridized carbons (Fsp3) is 0.526. The molecule has 8 nitrogen and oxygen atoms in total. The molecule has 27 heavy (non-hydrogen) atoms. The first-order chi connectivity index (χ1) is 12.5. The van der Waals surface area contributed by atoms with Crippen molar-refractivity contribution < 1.29 is 38.4 Å². The molecule has 146 valence electrons. The fourth-order valence-electron chi connectivity index (χ4n) is 3.44. The van der Waals surface area contributed by atoms with Gasteiger partial charge in [-0.1, -0.05) is 0 Å². The normalized spacial score (nSPS) is 32.2. The van der Waals surface area contributed by atoms with E-state index in [9.17, 15) is 19.5 Å². The van der Waals surface area contributed by atoms with Gasteiger partial charge < -0.3 is 24.1 Å². The number of carbonyl (C=O) groups excluding carboxylic acids is 3. The molecule has 3 unspecified atom stereocenters. The molecule has 0 aromatic rings. The van der Waals surface area contributed by atoms with Crippen LogP contribution in [0.4, 0.5) is 0 Å². The fourth-order valence-corrected chi connectivity index (χ4v) is 3.44. The van der Waals surface area contributed by atoms with Gasteiger partial charge in [-0.15, -0.1) is 0 Å². The van der Waals surface area contributed by atoms with Crippen molar-refractivity contribution in [3.05, 3.63) is 34.8 Å². The third-order valence-electron chi connectivity index (χ3n) is 4.68. The molecule has 3 aliphatic rings. The van der Waals surface area contributed by atoms with Gasteiger partial charge in [0.2, 0.25) is 0 Å². The average Bonchev–Trinajstić information content (AvgIpc) is 3.05. The van der Waals surface area contributed by atoms with Crippen LogP contribution in [0, 0.1) is 0 Å². The number of hydrogen-bond donors (Lipinski definition) is 1. The van der Waals surface area contributed by atoms with Crippen LogP contribution in [-0.2, 0) is 33.3 Å². The molecule has 3 rings (SSSR count). The van der Waals surface area contributed by atoms with E-state index in [0.717, 1.165) is 0 Å². The maximum atomic E-state index is 12.4. The summed E-state index contributed by atoms with van der Waals surface area (Å²) in [5.74, 6) is -1.29. The molecular formula is C19H22O8. The van der Waals surface area contributed by atoms with Gasteiger partial charge in [0.05, 0.1) is 5.57 Å². The van der Waals surface area contributed by atoms with Gasteiger partial charge in [0, 0.05) is 38.3 Å². The smallest absolute Gasteiger partial charge is 0.343 e.